The van der Waals surface area contributed by atoms with Gasteiger partial charge in [0.25, 0.3) is 0 Å². The molecule has 0 spiro atoms. The monoisotopic (exact) mass is 256 g/mol. The van der Waals surface area contributed by atoms with Crippen molar-refractivity contribution in [3.8, 4) is 0 Å². The van der Waals surface area contributed by atoms with Crippen molar-refractivity contribution in [2.45, 2.75) is 5.76 Å². The molecule has 1 aromatic rings. The molecule has 0 saturated carbocycles. The zero-order valence-electron chi connectivity index (χ0n) is 5.39. The van der Waals surface area contributed by atoms with Crippen molar-refractivity contribution in [2.75, 3.05) is 0 Å². The van der Waals surface area contributed by atoms with E-state index in [1.807, 2.05) is 0 Å². The predicted octanol–water partition coefficient (Wildman–Crippen LogP) is 1.06. The Hall–Kier alpha value is 0.646. The first-order valence-electron chi connectivity index (χ1n) is 2.91. The van der Waals surface area contributed by atoms with Gasteiger partial charge in [-0.3, -0.25) is 0 Å². The Bertz CT molecular complexity index is 205. The summed E-state index contributed by atoms with van der Waals surface area (Å²) in [5, 5.41) is 0. The molecule has 0 aliphatic heterocycles. The van der Waals surface area contributed by atoms with Gasteiger partial charge in [-0.1, -0.05) is 0 Å². The second-order valence-corrected chi connectivity index (χ2v) is 15.4. The van der Waals surface area contributed by atoms with Crippen molar-refractivity contribution < 1.29 is 21.6 Å². The zero-order chi connectivity index (χ0) is 6.69. The van der Waals surface area contributed by atoms with E-state index >= 15 is 0 Å². The molecule has 0 aliphatic rings. The number of hydrogen-bond acceptors (Lipinski definition) is 0. The van der Waals surface area contributed by atoms with Crippen LogP contribution in [0.2, 0.25) is 5.76 Å². The van der Waals surface area contributed by atoms with Crippen LogP contribution in [-0.2, 0) is 21.6 Å². The average Bonchev–Trinajstić information content (AvgIpc) is 1.90. The molecule has 0 nitrogen and oxygen atoms in total. The molecule has 0 amide bonds. The molecule has 0 aliphatic carbocycles. The fraction of sp³-hybridized carbons (Fsp3) is 0.143. The molecule has 42 valence electrons. The van der Waals surface area contributed by atoms with Gasteiger partial charge in [0.05, 0.1) is 0 Å². The van der Waals surface area contributed by atoms with Crippen LogP contribution < -0.4 is 4.40 Å². The van der Waals surface area contributed by atoms with Gasteiger partial charge in [-0.2, -0.15) is 0 Å². The Balaban J connectivity index is 2.98. The summed E-state index contributed by atoms with van der Waals surface area (Å²) in [6, 6.07) is 10.9. The van der Waals surface area contributed by atoms with Crippen LogP contribution in [0.4, 0.5) is 0 Å². The summed E-state index contributed by atoms with van der Waals surface area (Å²) in [7, 11) is -0.676. The maximum absolute atomic E-state index is 2.41. The van der Waals surface area contributed by atoms with Crippen molar-refractivity contribution in [1.29, 1.82) is 0 Å². The van der Waals surface area contributed by atoms with E-state index in [4.69, 9.17) is 0 Å². The Labute approximate surface area is 71.6 Å². The van der Waals surface area contributed by atoms with Crippen LogP contribution in [0, 0.1) is 0 Å². The summed E-state index contributed by atoms with van der Waals surface area (Å²) >= 11 is 1.76. The summed E-state index contributed by atoms with van der Waals surface area (Å²) in [4.78, 5) is 0. The van der Waals surface area contributed by atoms with E-state index in [1.54, 1.807) is 26.0 Å². The van der Waals surface area contributed by atoms with Crippen LogP contribution in [0.1, 0.15) is 0 Å². The van der Waals surface area contributed by atoms with E-state index in [0.717, 1.165) is 0 Å². The van der Waals surface area contributed by atoms with Crippen LogP contribution in [0.3, 0.4) is 0 Å². The molecule has 0 fully saturated rings. The van der Waals surface area contributed by atoms with E-state index in [9.17, 15) is 0 Å². The standard InChI is InChI=1S/C7H8Ge.Zr/c1-8-7-5-3-2-4-6-7;/h2-6H,1H3;/q;+2. The maximum atomic E-state index is 2.41. The summed E-state index contributed by atoms with van der Waals surface area (Å²) in [6.45, 7) is 0. The third-order valence-corrected chi connectivity index (χ3v) is 7.41. The van der Waals surface area contributed by atoms with E-state index in [0.29, 0.717) is 0 Å². The van der Waals surface area contributed by atoms with Gasteiger partial charge in [0, 0.05) is 0 Å². The molecule has 0 bridgehead atoms. The van der Waals surface area contributed by atoms with Gasteiger partial charge in [0.1, 0.15) is 0 Å². The first-order chi connectivity index (χ1) is 4.30. The van der Waals surface area contributed by atoms with Crippen molar-refractivity contribution >= 4 is 14.4 Å². The van der Waals surface area contributed by atoms with Crippen LogP contribution in [0.15, 0.2) is 30.3 Å². The first-order valence-corrected chi connectivity index (χ1v) is 13.5. The number of hydrogen-bond donors (Lipinski definition) is 0. The van der Waals surface area contributed by atoms with Crippen molar-refractivity contribution in [2.24, 2.45) is 0 Å². The van der Waals surface area contributed by atoms with Gasteiger partial charge in [0.15, 0.2) is 0 Å². The SMILES string of the molecule is [CH3][Ge](=[Zr+2])[c]1ccccc1. The van der Waals surface area contributed by atoms with E-state index in [-0.39, 0.29) is 0 Å². The average molecular weight is 256 g/mol. The number of rotatable bonds is 1. The zero-order valence-corrected chi connectivity index (χ0v) is 9.94. The normalized spacial score (nSPS) is 9.22. The van der Waals surface area contributed by atoms with E-state index in [2.05, 4.69) is 36.1 Å². The topological polar surface area (TPSA) is 0 Å². The molecule has 1 aromatic carbocycles. The van der Waals surface area contributed by atoms with Gasteiger partial charge in [-0.05, 0) is 0 Å². The predicted molar refractivity (Wildman–Crippen MR) is 37.7 cm³/mol. The summed E-state index contributed by atoms with van der Waals surface area (Å²) in [5.41, 5.74) is 0. The summed E-state index contributed by atoms with van der Waals surface area (Å²) < 4.78 is 1.62. The van der Waals surface area contributed by atoms with Gasteiger partial charge in [0.2, 0.25) is 0 Å². The molecule has 0 saturated heterocycles. The minimum absolute atomic E-state index is 0.676. The fourth-order valence-electron chi connectivity index (χ4n) is 0.688. The third-order valence-electron chi connectivity index (χ3n) is 1.21. The molecule has 0 atom stereocenters. The minimum atomic E-state index is -0.676. The van der Waals surface area contributed by atoms with Crippen LogP contribution in [-0.4, -0.2) is 9.98 Å². The molecule has 0 N–H and O–H groups in total. The number of benzene rings is 1. The Morgan fingerprint density at radius 1 is 1.22 bits per heavy atom. The van der Waals surface area contributed by atoms with Crippen LogP contribution in [0.5, 0.6) is 0 Å². The van der Waals surface area contributed by atoms with Crippen molar-refractivity contribution in [3.05, 3.63) is 30.3 Å². The fourth-order valence-corrected chi connectivity index (χ4v) is 4.27. The quantitative estimate of drug-likeness (QED) is 0.659. The summed E-state index contributed by atoms with van der Waals surface area (Å²) in [6.07, 6.45) is 0. The van der Waals surface area contributed by atoms with Gasteiger partial charge >= 0.3 is 72.1 Å². The molecular formula is C7H8GeZr+2. The molecule has 9 heavy (non-hydrogen) atoms. The third kappa shape index (κ3) is 2.39. The Kier molecular flexibility index (Phi) is 3.21. The second-order valence-electron chi connectivity index (χ2n) is 1.99. The van der Waals surface area contributed by atoms with Gasteiger partial charge in [-0.25, -0.2) is 0 Å². The van der Waals surface area contributed by atoms with Crippen molar-refractivity contribution in [1.82, 2.24) is 0 Å². The van der Waals surface area contributed by atoms with Crippen LogP contribution in [0.25, 0.3) is 0 Å². The van der Waals surface area contributed by atoms with Crippen molar-refractivity contribution in [3.63, 3.8) is 0 Å². The molecule has 2 heteroatoms. The first kappa shape index (κ1) is 7.75. The molecule has 0 unspecified atom stereocenters. The van der Waals surface area contributed by atoms with Gasteiger partial charge < -0.3 is 0 Å². The molecule has 0 aromatic heterocycles. The molecular weight excluding hydrogens is 248 g/mol. The summed E-state index contributed by atoms with van der Waals surface area (Å²) in [5.74, 6) is 2.41. The van der Waals surface area contributed by atoms with Gasteiger partial charge in [-0.15, -0.1) is 0 Å². The Morgan fingerprint density at radius 3 is 2.11 bits per heavy atom. The second kappa shape index (κ2) is 3.73. The molecule has 0 radical (unpaired) electrons. The van der Waals surface area contributed by atoms with E-state index in [1.165, 1.54) is 0 Å². The molecule has 0 heterocycles. The Morgan fingerprint density at radius 2 is 1.78 bits per heavy atom. The molecule has 1 rings (SSSR count). The van der Waals surface area contributed by atoms with E-state index < -0.39 is 9.98 Å². The van der Waals surface area contributed by atoms with Crippen LogP contribution >= 0.6 is 0 Å².